The number of nitrogens with one attached hydrogen (secondary N) is 1. The molecule has 0 bridgehead atoms. The lowest BCUT2D eigenvalue weighted by molar-refractivity contribution is -0.129. The van der Waals surface area contributed by atoms with E-state index in [1.54, 1.807) is 48.5 Å². The Bertz CT molecular complexity index is 1140. The summed E-state index contributed by atoms with van der Waals surface area (Å²) < 4.78 is 11.4. The number of thiocarbonyl (C=S) groups is 1. The summed E-state index contributed by atoms with van der Waals surface area (Å²) in [7, 11) is 0. The topological polar surface area (TPSA) is 67.8 Å². The van der Waals surface area contributed by atoms with Crippen molar-refractivity contribution in [2.45, 2.75) is 71.1 Å². The van der Waals surface area contributed by atoms with E-state index in [1.807, 2.05) is 36.4 Å². The molecule has 0 spiro atoms. The van der Waals surface area contributed by atoms with Crippen molar-refractivity contribution in [3.8, 4) is 11.5 Å². The van der Waals surface area contributed by atoms with Gasteiger partial charge in [-0.1, -0.05) is 113 Å². The van der Waals surface area contributed by atoms with Crippen molar-refractivity contribution in [3.63, 3.8) is 0 Å². The van der Waals surface area contributed by atoms with E-state index >= 15 is 0 Å². The van der Waals surface area contributed by atoms with Gasteiger partial charge in [0.1, 0.15) is 27.8 Å². The fraction of sp³-hybridized carbons (Fsp3) is 0.353. The number of ether oxygens (including phenoxy) is 2. The van der Waals surface area contributed by atoms with Gasteiger partial charge in [-0.15, -0.1) is 0 Å². The third-order valence-electron chi connectivity index (χ3n) is 6.55. The smallest absolute Gasteiger partial charge is 0.350 e. The molecule has 0 saturated heterocycles. The maximum Gasteiger partial charge on any atom is 0.350 e. The van der Waals surface area contributed by atoms with Gasteiger partial charge in [0.25, 0.3) is 0 Å². The van der Waals surface area contributed by atoms with Gasteiger partial charge in [0.05, 0.1) is 6.61 Å². The molecule has 0 saturated carbocycles. The van der Waals surface area contributed by atoms with Crippen LogP contribution in [0.4, 0.5) is 5.69 Å². The first-order valence-electron chi connectivity index (χ1n) is 14.4. The zero-order valence-electron chi connectivity index (χ0n) is 23.4. The molecule has 0 atom stereocenters. The number of aliphatic hydroxyl groups is 1. The Balaban J connectivity index is 1.57. The quantitative estimate of drug-likeness (QED) is 0.0429. The molecule has 0 fully saturated rings. The van der Waals surface area contributed by atoms with Crippen LogP contribution < -0.4 is 14.8 Å². The summed E-state index contributed by atoms with van der Waals surface area (Å²) in [6.07, 6.45) is 12.8. The van der Waals surface area contributed by atoms with Crippen LogP contribution in [0.5, 0.6) is 11.5 Å². The molecule has 0 aliphatic carbocycles. The second-order valence-corrected chi connectivity index (χ2v) is 10.2. The first-order chi connectivity index (χ1) is 19.6. The standard InChI is InChI=1S/C34H41NO4S/c1-2-3-4-5-6-7-8-9-10-17-26-38-29-24-22-27(23-25-29)32(36)31(33(40)35-28-18-13-11-14-19-28)34(37)39-30-20-15-12-16-21-30/h11-16,18-25,36H,2-10,17,26H2,1H3,(H,35,40)/b32-31-. The number of rotatable bonds is 17. The van der Waals surface area contributed by atoms with Crippen molar-refractivity contribution in [2.75, 3.05) is 11.9 Å². The van der Waals surface area contributed by atoms with Crippen LogP contribution in [0.2, 0.25) is 0 Å². The lowest BCUT2D eigenvalue weighted by Gasteiger charge is -2.14. The van der Waals surface area contributed by atoms with Gasteiger partial charge in [-0.05, 0) is 55.0 Å². The Labute approximate surface area is 244 Å². The number of unbranched alkanes of at least 4 members (excludes halogenated alkanes) is 9. The van der Waals surface area contributed by atoms with Crippen molar-refractivity contribution in [1.29, 1.82) is 0 Å². The number of esters is 1. The molecule has 0 radical (unpaired) electrons. The Hall–Kier alpha value is -3.64. The highest BCUT2D eigenvalue weighted by Crippen LogP contribution is 2.24. The van der Waals surface area contributed by atoms with Crippen LogP contribution in [0.3, 0.4) is 0 Å². The van der Waals surface area contributed by atoms with Crippen LogP contribution in [0, 0.1) is 0 Å². The predicted octanol–water partition coefficient (Wildman–Crippen LogP) is 9.30. The zero-order chi connectivity index (χ0) is 28.4. The highest BCUT2D eigenvalue weighted by molar-refractivity contribution is 7.81. The molecule has 0 heterocycles. The summed E-state index contributed by atoms with van der Waals surface area (Å²) >= 11 is 5.53. The molecule has 0 aliphatic heterocycles. The van der Waals surface area contributed by atoms with Gasteiger partial charge in [0.15, 0.2) is 0 Å². The van der Waals surface area contributed by atoms with E-state index in [2.05, 4.69) is 12.2 Å². The average Bonchev–Trinajstić information content (AvgIpc) is 2.97. The Morgan fingerprint density at radius 2 is 1.27 bits per heavy atom. The monoisotopic (exact) mass is 559 g/mol. The van der Waals surface area contributed by atoms with E-state index < -0.39 is 5.97 Å². The third kappa shape index (κ3) is 10.9. The minimum atomic E-state index is -0.751. The summed E-state index contributed by atoms with van der Waals surface area (Å²) in [5.74, 6) is 0.0518. The van der Waals surface area contributed by atoms with Crippen LogP contribution in [0.1, 0.15) is 76.7 Å². The molecule has 3 aromatic carbocycles. The van der Waals surface area contributed by atoms with E-state index in [1.165, 1.54) is 51.4 Å². The van der Waals surface area contributed by atoms with Gasteiger partial charge >= 0.3 is 5.97 Å². The van der Waals surface area contributed by atoms with E-state index in [0.29, 0.717) is 29.4 Å². The predicted molar refractivity (Wildman–Crippen MR) is 168 cm³/mol. The summed E-state index contributed by atoms with van der Waals surface area (Å²) in [4.78, 5) is 13.2. The van der Waals surface area contributed by atoms with Crippen LogP contribution in [0.25, 0.3) is 5.76 Å². The van der Waals surface area contributed by atoms with Crippen molar-refractivity contribution in [2.24, 2.45) is 0 Å². The summed E-state index contributed by atoms with van der Waals surface area (Å²) in [6, 6.07) is 24.9. The number of carbonyl (C=O) groups excluding carboxylic acids is 1. The van der Waals surface area contributed by atoms with Crippen molar-refractivity contribution in [3.05, 3.63) is 96.1 Å². The van der Waals surface area contributed by atoms with Crippen LogP contribution in [-0.4, -0.2) is 22.7 Å². The largest absolute Gasteiger partial charge is 0.506 e. The molecule has 0 amide bonds. The third-order valence-corrected chi connectivity index (χ3v) is 6.85. The summed E-state index contributed by atoms with van der Waals surface area (Å²) in [5, 5.41) is 14.2. The zero-order valence-corrected chi connectivity index (χ0v) is 24.3. The minimum absolute atomic E-state index is 0.0610. The number of benzene rings is 3. The number of para-hydroxylation sites is 2. The molecule has 5 nitrogen and oxygen atoms in total. The number of hydrogen-bond acceptors (Lipinski definition) is 5. The fourth-order valence-corrected chi connectivity index (χ4v) is 4.59. The molecule has 0 aromatic heterocycles. The van der Waals surface area contributed by atoms with Gasteiger partial charge in [-0.2, -0.15) is 0 Å². The Morgan fingerprint density at radius 1 is 0.725 bits per heavy atom. The maximum absolute atomic E-state index is 13.2. The maximum atomic E-state index is 13.2. The van der Waals surface area contributed by atoms with Gasteiger partial charge in [-0.3, -0.25) is 0 Å². The van der Waals surface area contributed by atoms with Gasteiger partial charge in [-0.25, -0.2) is 4.79 Å². The van der Waals surface area contributed by atoms with E-state index in [0.717, 1.165) is 12.8 Å². The van der Waals surface area contributed by atoms with Gasteiger partial charge in [0.2, 0.25) is 0 Å². The lowest BCUT2D eigenvalue weighted by atomic mass is 10.1. The second kappa shape index (κ2) is 17.9. The number of hydrogen-bond donors (Lipinski definition) is 2. The average molecular weight is 560 g/mol. The first-order valence-corrected chi connectivity index (χ1v) is 14.8. The molecule has 3 aromatic rings. The number of carbonyl (C=O) groups is 1. The van der Waals surface area contributed by atoms with Crippen LogP contribution in [0.15, 0.2) is 90.5 Å². The number of anilines is 1. The van der Waals surface area contributed by atoms with Crippen molar-refractivity contribution in [1.82, 2.24) is 0 Å². The summed E-state index contributed by atoms with van der Waals surface area (Å²) in [6.45, 7) is 2.90. The van der Waals surface area contributed by atoms with Gasteiger partial charge < -0.3 is 19.9 Å². The fourth-order valence-electron chi connectivity index (χ4n) is 4.29. The van der Waals surface area contributed by atoms with Crippen molar-refractivity contribution < 1.29 is 19.4 Å². The van der Waals surface area contributed by atoms with E-state index in [4.69, 9.17) is 21.7 Å². The highest BCUT2D eigenvalue weighted by Gasteiger charge is 2.24. The van der Waals surface area contributed by atoms with Crippen LogP contribution in [-0.2, 0) is 4.79 Å². The normalized spacial score (nSPS) is 11.4. The molecule has 40 heavy (non-hydrogen) atoms. The van der Waals surface area contributed by atoms with Crippen molar-refractivity contribution >= 4 is 34.6 Å². The Kier molecular flexibility index (Phi) is 13.8. The molecule has 2 N–H and O–H groups in total. The molecule has 3 rings (SSSR count). The molecule has 212 valence electrons. The lowest BCUT2D eigenvalue weighted by Crippen LogP contribution is -2.24. The van der Waals surface area contributed by atoms with Crippen LogP contribution >= 0.6 is 12.2 Å². The first kappa shape index (κ1) is 30.9. The Morgan fingerprint density at radius 3 is 1.88 bits per heavy atom. The second-order valence-electron chi connectivity index (χ2n) is 9.80. The SMILES string of the molecule is CCCCCCCCCCCCOc1ccc(/C(O)=C(/C(=O)Oc2ccccc2)C(=S)Nc2ccccc2)cc1. The summed E-state index contributed by atoms with van der Waals surface area (Å²) in [5.41, 5.74) is 1.01. The minimum Gasteiger partial charge on any atom is -0.506 e. The highest BCUT2D eigenvalue weighted by atomic mass is 32.1. The number of aliphatic hydroxyl groups excluding tert-OH is 1. The molecule has 6 heteroatoms. The molecule has 0 unspecified atom stereocenters. The molecular weight excluding hydrogens is 518 g/mol. The molecule has 0 aliphatic rings. The van der Waals surface area contributed by atoms with E-state index in [9.17, 15) is 9.90 Å². The van der Waals surface area contributed by atoms with E-state index in [-0.39, 0.29) is 16.3 Å². The van der Waals surface area contributed by atoms with Gasteiger partial charge in [0, 0.05) is 11.3 Å². The molecular formula is C34H41NO4S.